The van der Waals surface area contributed by atoms with Gasteiger partial charge in [0.05, 0.1) is 29.6 Å². The van der Waals surface area contributed by atoms with Gasteiger partial charge in [-0.2, -0.15) is 0 Å². The number of aliphatic hydroxyl groups is 1. The fourth-order valence-electron chi connectivity index (χ4n) is 3.40. The van der Waals surface area contributed by atoms with Crippen molar-refractivity contribution in [2.75, 3.05) is 6.54 Å². The van der Waals surface area contributed by atoms with Crippen LogP contribution in [0.5, 0.6) is 0 Å². The number of rotatable bonds is 2. The normalized spacial score (nSPS) is 20.4. The molecule has 2 aromatic carbocycles. The number of carbonyl (C=O) groups excluding carboxylic acids is 1. The molecule has 0 bridgehead atoms. The Balaban J connectivity index is 1.76. The zero-order valence-electron chi connectivity index (χ0n) is 13.1. The Kier molecular flexibility index (Phi) is 3.73. The maximum absolute atomic E-state index is 13.9. The molecular formula is C18H15F2N3O2. The minimum absolute atomic E-state index is 0.0996. The van der Waals surface area contributed by atoms with E-state index in [1.54, 1.807) is 12.1 Å². The maximum atomic E-state index is 13.9. The minimum atomic E-state index is -0.722. The number of hydrogen-bond donors (Lipinski definition) is 2. The number of halogens is 2. The van der Waals surface area contributed by atoms with Gasteiger partial charge in [-0.1, -0.05) is 12.1 Å². The minimum Gasteiger partial charge on any atom is -0.391 e. The second kappa shape index (κ2) is 5.93. The number of likely N-dealkylation sites (tertiary alicyclic amines) is 1. The fourth-order valence-corrected chi connectivity index (χ4v) is 3.40. The molecule has 3 aromatic rings. The fraction of sp³-hybridized carbons (Fsp3) is 0.222. The van der Waals surface area contributed by atoms with Crippen LogP contribution >= 0.6 is 0 Å². The van der Waals surface area contributed by atoms with E-state index < -0.39 is 29.7 Å². The Morgan fingerprint density at radius 3 is 2.88 bits per heavy atom. The van der Waals surface area contributed by atoms with Crippen molar-refractivity contribution >= 4 is 16.9 Å². The standard InChI is InChI=1S/C18H15F2N3O2/c19-11-3-1-2-10(4-11)16-7-13(24)8-23(16)18(25)14-5-12(20)6-15-17(14)22-9-21-15/h1-6,9,13,16,24H,7-8H2,(H,21,22)/t13-,16+/m1/s1. The Hall–Kier alpha value is -2.80. The third kappa shape index (κ3) is 2.76. The molecule has 5 nitrogen and oxygen atoms in total. The molecule has 1 aliphatic rings. The molecule has 1 aromatic heterocycles. The van der Waals surface area contributed by atoms with E-state index in [0.717, 1.165) is 6.07 Å². The van der Waals surface area contributed by atoms with Gasteiger partial charge in [-0.3, -0.25) is 4.79 Å². The zero-order chi connectivity index (χ0) is 17.6. The summed E-state index contributed by atoms with van der Waals surface area (Å²) in [6, 6.07) is 7.87. The first kappa shape index (κ1) is 15.7. The van der Waals surface area contributed by atoms with Gasteiger partial charge >= 0.3 is 0 Å². The summed E-state index contributed by atoms with van der Waals surface area (Å²) in [4.78, 5) is 21.3. The lowest BCUT2D eigenvalue weighted by molar-refractivity contribution is 0.0717. The van der Waals surface area contributed by atoms with E-state index in [4.69, 9.17) is 0 Å². The zero-order valence-corrected chi connectivity index (χ0v) is 13.1. The Labute approximate surface area is 141 Å². The van der Waals surface area contributed by atoms with Crippen LogP contribution in [0.1, 0.15) is 28.4 Å². The van der Waals surface area contributed by atoms with E-state index in [2.05, 4.69) is 9.97 Å². The monoisotopic (exact) mass is 343 g/mol. The number of amides is 1. The number of fused-ring (bicyclic) bond motifs is 1. The van der Waals surface area contributed by atoms with Crippen LogP contribution in [-0.2, 0) is 0 Å². The summed E-state index contributed by atoms with van der Waals surface area (Å²) < 4.78 is 27.4. The highest BCUT2D eigenvalue weighted by atomic mass is 19.1. The van der Waals surface area contributed by atoms with Crippen LogP contribution in [0.25, 0.3) is 11.0 Å². The third-order valence-electron chi connectivity index (χ3n) is 4.49. The number of carbonyl (C=O) groups is 1. The number of aromatic nitrogens is 2. The molecule has 0 unspecified atom stereocenters. The first-order valence-electron chi connectivity index (χ1n) is 7.90. The molecule has 128 valence electrons. The van der Waals surface area contributed by atoms with Gasteiger partial charge in [0, 0.05) is 6.54 Å². The van der Waals surface area contributed by atoms with E-state index in [0.29, 0.717) is 23.0 Å². The first-order chi connectivity index (χ1) is 12.0. The number of benzene rings is 2. The summed E-state index contributed by atoms with van der Waals surface area (Å²) in [6.07, 6.45) is 0.971. The van der Waals surface area contributed by atoms with Crippen LogP contribution in [-0.4, -0.2) is 38.5 Å². The lowest BCUT2D eigenvalue weighted by Crippen LogP contribution is -2.32. The van der Waals surface area contributed by atoms with Crippen molar-refractivity contribution in [3.05, 3.63) is 65.5 Å². The maximum Gasteiger partial charge on any atom is 0.256 e. The van der Waals surface area contributed by atoms with E-state index in [1.165, 1.54) is 29.4 Å². The molecule has 4 rings (SSSR count). The molecule has 25 heavy (non-hydrogen) atoms. The SMILES string of the molecule is O=C(c1cc(F)cc2[nH]cnc12)N1C[C@H](O)C[C@H]1c1cccc(F)c1. The molecule has 0 spiro atoms. The summed E-state index contributed by atoms with van der Waals surface area (Å²) >= 11 is 0. The average Bonchev–Trinajstić information content (AvgIpc) is 3.19. The van der Waals surface area contributed by atoms with Crippen molar-refractivity contribution in [3.63, 3.8) is 0 Å². The molecule has 1 fully saturated rings. The van der Waals surface area contributed by atoms with Crippen molar-refractivity contribution < 1.29 is 18.7 Å². The number of imidazole rings is 1. The van der Waals surface area contributed by atoms with Crippen molar-refractivity contribution in [2.45, 2.75) is 18.6 Å². The van der Waals surface area contributed by atoms with Crippen LogP contribution in [0.4, 0.5) is 8.78 Å². The van der Waals surface area contributed by atoms with Gasteiger partial charge in [-0.05, 0) is 36.2 Å². The molecule has 2 N–H and O–H groups in total. The molecule has 1 aliphatic heterocycles. The number of hydrogen-bond acceptors (Lipinski definition) is 3. The lowest BCUT2D eigenvalue weighted by Gasteiger charge is -2.25. The van der Waals surface area contributed by atoms with Crippen LogP contribution in [0.3, 0.4) is 0 Å². The number of β-amino-alcohol motifs (C(OH)–C–C–N with tert-alkyl or cyclic N) is 1. The van der Waals surface area contributed by atoms with Crippen LogP contribution in [0, 0.1) is 11.6 Å². The highest BCUT2D eigenvalue weighted by Crippen LogP contribution is 2.34. The molecule has 1 amide bonds. The number of H-pyrrole nitrogens is 1. The Morgan fingerprint density at radius 2 is 2.08 bits per heavy atom. The summed E-state index contributed by atoms with van der Waals surface area (Å²) in [5.41, 5.74) is 1.50. The van der Waals surface area contributed by atoms with Crippen LogP contribution in [0.15, 0.2) is 42.7 Å². The highest BCUT2D eigenvalue weighted by molar-refractivity contribution is 6.05. The molecule has 2 heterocycles. The second-order valence-corrected chi connectivity index (χ2v) is 6.17. The van der Waals surface area contributed by atoms with Gasteiger partial charge < -0.3 is 15.0 Å². The quantitative estimate of drug-likeness (QED) is 0.752. The van der Waals surface area contributed by atoms with Crippen molar-refractivity contribution in [1.29, 1.82) is 0 Å². The van der Waals surface area contributed by atoms with Gasteiger partial charge in [0.2, 0.25) is 0 Å². The smallest absolute Gasteiger partial charge is 0.256 e. The molecule has 0 aliphatic carbocycles. The summed E-state index contributed by atoms with van der Waals surface area (Å²) in [7, 11) is 0. The van der Waals surface area contributed by atoms with Crippen molar-refractivity contribution in [2.24, 2.45) is 0 Å². The predicted molar refractivity (Wildman–Crippen MR) is 86.9 cm³/mol. The Morgan fingerprint density at radius 1 is 1.24 bits per heavy atom. The van der Waals surface area contributed by atoms with Crippen molar-refractivity contribution in [3.8, 4) is 0 Å². The van der Waals surface area contributed by atoms with Gasteiger partial charge in [-0.15, -0.1) is 0 Å². The largest absolute Gasteiger partial charge is 0.391 e. The number of aliphatic hydroxyl groups excluding tert-OH is 1. The van der Waals surface area contributed by atoms with Gasteiger partial charge in [-0.25, -0.2) is 13.8 Å². The molecular weight excluding hydrogens is 328 g/mol. The number of aromatic amines is 1. The average molecular weight is 343 g/mol. The third-order valence-corrected chi connectivity index (χ3v) is 4.49. The van der Waals surface area contributed by atoms with Gasteiger partial charge in [0.15, 0.2) is 0 Å². The first-order valence-corrected chi connectivity index (χ1v) is 7.90. The highest BCUT2D eigenvalue weighted by Gasteiger charge is 2.36. The molecule has 2 atom stereocenters. The summed E-state index contributed by atoms with van der Waals surface area (Å²) in [5, 5.41) is 10.0. The summed E-state index contributed by atoms with van der Waals surface area (Å²) in [5.74, 6) is -1.41. The topological polar surface area (TPSA) is 69.2 Å². The van der Waals surface area contributed by atoms with E-state index in [9.17, 15) is 18.7 Å². The number of nitrogens with zero attached hydrogens (tertiary/aromatic N) is 2. The Bertz CT molecular complexity index is 956. The van der Waals surface area contributed by atoms with E-state index in [-0.39, 0.29) is 12.1 Å². The van der Waals surface area contributed by atoms with Crippen LogP contribution in [0.2, 0.25) is 0 Å². The van der Waals surface area contributed by atoms with Crippen molar-refractivity contribution in [1.82, 2.24) is 14.9 Å². The predicted octanol–water partition coefficient (Wildman–Crippen LogP) is 2.79. The van der Waals surface area contributed by atoms with Gasteiger partial charge in [0.25, 0.3) is 5.91 Å². The van der Waals surface area contributed by atoms with E-state index >= 15 is 0 Å². The van der Waals surface area contributed by atoms with E-state index in [1.807, 2.05) is 0 Å². The molecule has 0 saturated carbocycles. The molecule has 0 radical (unpaired) electrons. The van der Waals surface area contributed by atoms with Gasteiger partial charge in [0.1, 0.15) is 17.2 Å². The molecule has 7 heteroatoms. The van der Waals surface area contributed by atoms with Crippen LogP contribution < -0.4 is 0 Å². The summed E-state index contributed by atoms with van der Waals surface area (Å²) in [6.45, 7) is 0.0996. The lowest BCUT2D eigenvalue weighted by atomic mass is 10.0. The second-order valence-electron chi connectivity index (χ2n) is 6.17. The molecule has 1 saturated heterocycles. The number of nitrogens with one attached hydrogen (secondary N) is 1.